The fraction of sp³-hybridized carbons (Fsp3) is 0.467. The van der Waals surface area contributed by atoms with E-state index in [1.807, 2.05) is 18.2 Å². The van der Waals surface area contributed by atoms with Gasteiger partial charge in [0.15, 0.2) is 0 Å². The van der Waals surface area contributed by atoms with Crippen LogP contribution in [0.25, 0.3) is 10.9 Å². The number of hydrogen-bond donors (Lipinski definition) is 2. The molecule has 10 heteroatoms. The van der Waals surface area contributed by atoms with Crippen LogP contribution < -0.4 is 0 Å². The lowest BCUT2D eigenvalue weighted by molar-refractivity contribution is -0.192. The van der Waals surface area contributed by atoms with Gasteiger partial charge in [0.25, 0.3) is 0 Å². The highest BCUT2D eigenvalue weighted by Crippen LogP contribution is 2.39. The number of nitrogens with one attached hydrogen (secondary N) is 1. The van der Waals surface area contributed by atoms with Crippen LogP contribution in [0.1, 0.15) is 56.1 Å². The fourth-order valence-electron chi connectivity index (χ4n) is 5.97. The molecule has 0 radical (unpaired) electrons. The number of benzene rings is 2. The van der Waals surface area contributed by atoms with Crippen LogP contribution in [0.5, 0.6) is 0 Å². The lowest BCUT2D eigenvalue weighted by atomic mass is 9.87. The van der Waals surface area contributed by atoms with Gasteiger partial charge in [-0.3, -0.25) is 9.69 Å². The van der Waals surface area contributed by atoms with Crippen molar-refractivity contribution in [3.05, 3.63) is 71.7 Å². The number of nitrogens with zero attached hydrogens (tertiary/aromatic N) is 2. The zero-order chi connectivity index (χ0) is 28.8. The number of aromatic amines is 1. The molecule has 1 amide bonds. The summed E-state index contributed by atoms with van der Waals surface area (Å²) in [6.07, 6.45) is 5.10. The van der Waals surface area contributed by atoms with Crippen LogP contribution in [0, 0.1) is 5.82 Å². The van der Waals surface area contributed by atoms with Gasteiger partial charge in [0, 0.05) is 48.7 Å². The smallest absolute Gasteiger partial charge is 0.475 e. The van der Waals surface area contributed by atoms with Crippen LogP contribution >= 0.6 is 0 Å². The second-order valence-corrected chi connectivity index (χ2v) is 10.6. The number of carboxylic acids is 1. The number of alkyl halides is 3. The molecule has 0 aliphatic carbocycles. The summed E-state index contributed by atoms with van der Waals surface area (Å²) in [7, 11) is 0. The summed E-state index contributed by atoms with van der Waals surface area (Å²) in [5.41, 5.74) is 3.83. The molecule has 0 saturated carbocycles. The fourth-order valence-corrected chi connectivity index (χ4v) is 5.97. The minimum Gasteiger partial charge on any atom is -0.475 e. The third-order valence-electron chi connectivity index (χ3n) is 8.05. The first-order chi connectivity index (χ1) is 19.1. The van der Waals surface area contributed by atoms with Crippen molar-refractivity contribution in [1.82, 2.24) is 14.8 Å². The minimum atomic E-state index is -5.08. The number of carboxylic acid groups (broad SMARTS) is 1. The quantitative estimate of drug-likeness (QED) is 0.346. The maximum absolute atomic E-state index is 13.3. The second-order valence-electron chi connectivity index (χ2n) is 10.6. The molecule has 1 aromatic heterocycles. The van der Waals surface area contributed by atoms with Crippen LogP contribution in [0.3, 0.4) is 0 Å². The van der Waals surface area contributed by atoms with E-state index >= 15 is 0 Å². The Morgan fingerprint density at radius 3 is 2.33 bits per heavy atom. The molecule has 0 bridgehead atoms. The van der Waals surface area contributed by atoms with Crippen molar-refractivity contribution in [1.29, 1.82) is 0 Å². The number of fused-ring (bicyclic) bond motifs is 1. The van der Waals surface area contributed by atoms with Gasteiger partial charge >= 0.3 is 12.1 Å². The van der Waals surface area contributed by atoms with Crippen LogP contribution in [0.4, 0.5) is 17.6 Å². The van der Waals surface area contributed by atoms with Gasteiger partial charge in [0.1, 0.15) is 5.82 Å². The number of aromatic nitrogens is 1. The number of carbonyl (C=O) groups excluding carboxylic acids is 1. The molecule has 6 nitrogen and oxygen atoms in total. The van der Waals surface area contributed by atoms with E-state index in [9.17, 15) is 22.4 Å². The largest absolute Gasteiger partial charge is 0.490 e. The summed E-state index contributed by atoms with van der Waals surface area (Å²) in [6.45, 7) is 3.69. The van der Waals surface area contributed by atoms with E-state index in [-0.39, 0.29) is 11.4 Å². The predicted molar refractivity (Wildman–Crippen MR) is 144 cm³/mol. The molecule has 2 saturated heterocycles. The summed E-state index contributed by atoms with van der Waals surface area (Å²) in [6, 6.07) is 15.3. The number of likely N-dealkylation sites (tertiary alicyclic amines) is 2. The van der Waals surface area contributed by atoms with Gasteiger partial charge in [-0.2, -0.15) is 13.2 Å². The van der Waals surface area contributed by atoms with Gasteiger partial charge in [0.2, 0.25) is 5.91 Å². The van der Waals surface area contributed by atoms with E-state index in [1.165, 1.54) is 34.9 Å². The molecule has 2 aliphatic heterocycles. The Morgan fingerprint density at radius 1 is 0.950 bits per heavy atom. The number of aliphatic carboxylic acids is 1. The number of halogens is 4. The summed E-state index contributed by atoms with van der Waals surface area (Å²) in [5, 5.41) is 8.39. The van der Waals surface area contributed by atoms with Crippen LogP contribution in [0.15, 0.2) is 54.7 Å². The molecule has 3 aromatic rings. The van der Waals surface area contributed by atoms with Crippen molar-refractivity contribution in [2.75, 3.05) is 19.6 Å². The third kappa shape index (κ3) is 7.41. The molecule has 1 spiro atoms. The Balaban J connectivity index is 0.000000470. The van der Waals surface area contributed by atoms with Gasteiger partial charge in [-0.1, -0.05) is 30.3 Å². The summed E-state index contributed by atoms with van der Waals surface area (Å²) in [4.78, 5) is 30.0. The van der Waals surface area contributed by atoms with Crippen molar-refractivity contribution >= 4 is 22.8 Å². The van der Waals surface area contributed by atoms with E-state index in [1.54, 1.807) is 12.1 Å². The number of para-hydroxylation sites is 1. The van der Waals surface area contributed by atoms with Gasteiger partial charge in [-0.15, -0.1) is 0 Å². The average molecular weight is 562 g/mol. The summed E-state index contributed by atoms with van der Waals surface area (Å²) in [5.74, 6) is -2.63. The number of rotatable bonds is 6. The lowest BCUT2D eigenvalue weighted by Gasteiger charge is -2.38. The highest BCUT2D eigenvalue weighted by Gasteiger charge is 2.42. The highest BCUT2D eigenvalue weighted by atomic mass is 19.4. The Labute approximate surface area is 231 Å². The van der Waals surface area contributed by atoms with Gasteiger partial charge in [-0.25, -0.2) is 9.18 Å². The first-order valence-electron chi connectivity index (χ1n) is 13.7. The third-order valence-corrected chi connectivity index (χ3v) is 8.05. The number of hydrogen-bond acceptors (Lipinski definition) is 3. The van der Waals surface area contributed by atoms with Crippen molar-refractivity contribution in [2.45, 2.75) is 69.6 Å². The summed E-state index contributed by atoms with van der Waals surface area (Å²) >= 11 is 0. The number of carbonyl (C=O) groups is 2. The standard InChI is InChI=1S/C28H34FN3O.C2HF3O2/c29-24-12-10-22(11-13-24)21-32-18-5-15-28(32)14-4-17-31(19-16-28)27(33)9-3-6-23-20-30-26-8-2-1-7-25(23)26;3-2(4,5)1(6)7/h1-2,7-8,10-13,20,30H,3-6,9,14-19,21H2;(H,6,7). The van der Waals surface area contributed by atoms with Crippen molar-refractivity contribution in [2.24, 2.45) is 0 Å². The molecular weight excluding hydrogens is 526 g/mol. The molecular formula is C30H35F4N3O3. The SMILES string of the molecule is O=C(CCCc1c[nH]c2ccccc12)N1CCCC2(CCCN2Cc2ccc(F)cc2)CC1.O=C(O)C(F)(F)F. The normalized spacial score (nSPS) is 19.9. The van der Waals surface area contributed by atoms with Gasteiger partial charge in [-0.05, 0) is 80.8 Å². The topological polar surface area (TPSA) is 76.6 Å². The Kier molecular flexibility index (Phi) is 9.50. The number of aryl methyl sites for hydroxylation is 1. The Hall–Kier alpha value is -3.40. The molecule has 2 N–H and O–H groups in total. The van der Waals surface area contributed by atoms with E-state index in [2.05, 4.69) is 39.2 Å². The van der Waals surface area contributed by atoms with Gasteiger partial charge in [0.05, 0.1) is 0 Å². The molecule has 1 atom stereocenters. The highest BCUT2D eigenvalue weighted by molar-refractivity contribution is 5.83. The molecule has 2 aliphatic rings. The second kappa shape index (κ2) is 12.8. The first-order valence-corrected chi connectivity index (χ1v) is 13.7. The monoisotopic (exact) mass is 561 g/mol. The zero-order valence-corrected chi connectivity index (χ0v) is 22.4. The predicted octanol–water partition coefficient (Wildman–Crippen LogP) is 6.31. The van der Waals surface area contributed by atoms with E-state index < -0.39 is 12.1 Å². The Morgan fingerprint density at radius 2 is 1.62 bits per heavy atom. The average Bonchev–Trinajstić information content (AvgIpc) is 3.43. The van der Waals surface area contributed by atoms with E-state index in [0.29, 0.717) is 12.3 Å². The minimum absolute atomic E-state index is 0.178. The van der Waals surface area contributed by atoms with E-state index in [0.717, 1.165) is 58.3 Å². The van der Waals surface area contributed by atoms with Crippen LogP contribution in [0.2, 0.25) is 0 Å². The molecule has 1 unspecified atom stereocenters. The molecule has 3 heterocycles. The van der Waals surface area contributed by atoms with E-state index in [4.69, 9.17) is 9.90 Å². The molecule has 2 fully saturated rings. The first kappa shape index (κ1) is 29.6. The van der Waals surface area contributed by atoms with Crippen molar-refractivity contribution < 1.29 is 32.3 Å². The van der Waals surface area contributed by atoms with Crippen molar-refractivity contribution in [3.63, 3.8) is 0 Å². The number of amides is 1. The Bertz CT molecular complexity index is 1290. The van der Waals surface area contributed by atoms with Crippen LogP contribution in [-0.4, -0.2) is 63.1 Å². The molecule has 216 valence electrons. The lowest BCUT2D eigenvalue weighted by Crippen LogP contribution is -2.44. The van der Waals surface area contributed by atoms with Gasteiger partial charge < -0.3 is 15.0 Å². The zero-order valence-electron chi connectivity index (χ0n) is 22.4. The maximum atomic E-state index is 13.3. The molecule has 40 heavy (non-hydrogen) atoms. The summed E-state index contributed by atoms with van der Waals surface area (Å²) < 4.78 is 45.0. The maximum Gasteiger partial charge on any atom is 0.490 e. The molecule has 2 aromatic carbocycles. The number of H-pyrrole nitrogens is 1. The van der Waals surface area contributed by atoms with Crippen molar-refractivity contribution in [3.8, 4) is 0 Å². The molecule has 5 rings (SSSR count). The van der Waals surface area contributed by atoms with Crippen LogP contribution in [-0.2, 0) is 22.6 Å².